The van der Waals surface area contributed by atoms with Crippen molar-refractivity contribution < 1.29 is 30.3 Å². The molecule has 9 nitrogen and oxygen atoms in total. The van der Waals surface area contributed by atoms with Crippen LogP contribution in [0.15, 0.2) is 5.11 Å². The summed E-state index contributed by atoms with van der Waals surface area (Å²) in [5.41, 5.74) is 5.71. The SMILES string of the molecule is [N-]=[N+]=N[C@@](O)(CO)[C@H]1OC(O)[C@H](O)[C@@H]1O. The number of aliphatic hydroxyl groups is 5. The Hall–Kier alpha value is -0.930. The third-order valence-corrected chi connectivity index (χ3v) is 2.14. The van der Waals surface area contributed by atoms with Gasteiger partial charge in [0.2, 0.25) is 0 Å². The van der Waals surface area contributed by atoms with Gasteiger partial charge in [0.15, 0.2) is 12.0 Å². The minimum atomic E-state index is -2.42. The van der Waals surface area contributed by atoms with E-state index >= 15 is 0 Å². The summed E-state index contributed by atoms with van der Waals surface area (Å²) in [6.07, 6.45) is -6.61. The van der Waals surface area contributed by atoms with Gasteiger partial charge in [-0.2, -0.15) is 0 Å². The summed E-state index contributed by atoms with van der Waals surface area (Å²) >= 11 is 0. The van der Waals surface area contributed by atoms with Gasteiger partial charge >= 0.3 is 0 Å². The Labute approximate surface area is 83.8 Å². The van der Waals surface area contributed by atoms with Crippen LogP contribution in [-0.2, 0) is 4.74 Å². The number of nitrogens with zero attached hydrogens (tertiary/aromatic N) is 3. The first-order valence-electron chi connectivity index (χ1n) is 4.05. The Balaban J connectivity index is 2.92. The number of ether oxygens (including phenoxy) is 1. The molecule has 0 aromatic rings. The molecule has 1 aliphatic rings. The molecule has 15 heavy (non-hydrogen) atoms. The van der Waals surface area contributed by atoms with Crippen LogP contribution in [0.1, 0.15) is 0 Å². The number of rotatable bonds is 3. The van der Waals surface area contributed by atoms with Gasteiger partial charge in [-0.15, -0.1) is 0 Å². The molecule has 86 valence electrons. The van der Waals surface area contributed by atoms with Crippen LogP contribution < -0.4 is 0 Å². The molecule has 0 amide bonds. The van der Waals surface area contributed by atoms with Gasteiger partial charge in [0.05, 0.1) is 6.61 Å². The van der Waals surface area contributed by atoms with Gasteiger partial charge in [-0.3, -0.25) is 0 Å². The van der Waals surface area contributed by atoms with Crippen molar-refractivity contribution in [1.82, 2.24) is 0 Å². The van der Waals surface area contributed by atoms with Gasteiger partial charge < -0.3 is 30.3 Å². The zero-order valence-corrected chi connectivity index (χ0v) is 7.50. The van der Waals surface area contributed by atoms with Gasteiger partial charge in [-0.25, -0.2) is 0 Å². The average molecular weight is 221 g/mol. The average Bonchev–Trinajstić information content (AvgIpc) is 2.47. The van der Waals surface area contributed by atoms with E-state index in [9.17, 15) is 10.2 Å². The number of hydrogen-bond acceptors (Lipinski definition) is 7. The Kier molecular flexibility index (Phi) is 3.47. The highest BCUT2D eigenvalue weighted by molar-refractivity contribution is 4.97. The van der Waals surface area contributed by atoms with Crippen LogP contribution in [0.25, 0.3) is 10.4 Å². The lowest BCUT2D eigenvalue weighted by atomic mass is 10.0. The Bertz CT molecular complexity index is 282. The molecule has 0 aliphatic carbocycles. The molecule has 0 radical (unpaired) electrons. The molecule has 1 aliphatic heterocycles. The van der Waals surface area contributed by atoms with Crippen molar-refractivity contribution >= 4 is 0 Å². The molecule has 1 saturated heterocycles. The molecular weight excluding hydrogens is 210 g/mol. The normalized spacial score (nSPS) is 39.5. The van der Waals surface area contributed by atoms with Crippen LogP contribution in [0.5, 0.6) is 0 Å². The molecule has 5 atom stereocenters. The first-order valence-corrected chi connectivity index (χ1v) is 4.05. The van der Waals surface area contributed by atoms with Crippen molar-refractivity contribution in [1.29, 1.82) is 0 Å². The first kappa shape index (κ1) is 12.1. The van der Waals surface area contributed by atoms with Crippen molar-refractivity contribution in [2.75, 3.05) is 6.61 Å². The van der Waals surface area contributed by atoms with Gasteiger partial charge in [0.1, 0.15) is 18.3 Å². The fraction of sp³-hybridized carbons (Fsp3) is 1.00. The third-order valence-electron chi connectivity index (χ3n) is 2.14. The molecular formula is C6H11N3O6. The summed E-state index contributed by atoms with van der Waals surface area (Å²) in [4.78, 5) is 2.27. The van der Waals surface area contributed by atoms with Gasteiger partial charge in [0, 0.05) is 4.91 Å². The van der Waals surface area contributed by atoms with Crippen LogP contribution in [0.2, 0.25) is 0 Å². The molecule has 9 heteroatoms. The Morgan fingerprint density at radius 1 is 1.33 bits per heavy atom. The van der Waals surface area contributed by atoms with E-state index in [0.29, 0.717) is 0 Å². The lowest BCUT2D eigenvalue weighted by Crippen LogP contribution is -2.50. The highest BCUT2D eigenvalue weighted by atomic mass is 16.7. The lowest BCUT2D eigenvalue weighted by molar-refractivity contribution is -0.183. The van der Waals surface area contributed by atoms with E-state index in [0.717, 1.165) is 0 Å². The minimum Gasteiger partial charge on any atom is -0.393 e. The summed E-state index contributed by atoms with van der Waals surface area (Å²) in [6, 6.07) is 0. The maximum atomic E-state index is 9.55. The Morgan fingerprint density at radius 3 is 2.27 bits per heavy atom. The van der Waals surface area contributed by atoms with Crippen molar-refractivity contribution in [2.45, 2.75) is 30.3 Å². The molecule has 0 saturated carbocycles. The topological polar surface area (TPSA) is 159 Å². The van der Waals surface area contributed by atoms with Gasteiger partial charge in [-0.05, 0) is 5.53 Å². The number of hydrogen-bond donors (Lipinski definition) is 5. The molecule has 1 rings (SSSR count). The Morgan fingerprint density at radius 2 is 1.93 bits per heavy atom. The van der Waals surface area contributed by atoms with Gasteiger partial charge in [-0.1, -0.05) is 5.11 Å². The maximum Gasteiger partial charge on any atom is 0.195 e. The molecule has 5 N–H and O–H groups in total. The highest BCUT2D eigenvalue weighted by Crippen LogP contribution is 2.29. The van der Waals surface area contributed by atoms with E-state index in [-0.39, 0.29) is 0 Å². The second-order valence-electron chi connectivity index (χ2n) is 3.15. The van der Waals surface area contributed by atoms with E-state index in [2.05, 4.69) is 14.8 Å². The lowest BCUT2D eigenvalue weighted by Gasteiger charge is -2.28. The van der Waals surface area contributed by atoms with E-state index in [1.165, 1.54) is 0 Å². The minimum absolute atomic E-state index is 1.02. The van der Waals surface area contributed by atoms with E-state index in [1.807, 2.05) is 0 Å². The van der Waals surface area contributed by atoms with Crippen molar-refractivity contribution in [3.05, 3.63) is 10.4 Å². The molecule has 1 heterocycles. The van der Waals surface area contributed by atoms with Crippen molar-refractivity contribution in [2.24, 2.45) is 5.11 Å². The molecule has 0 bridgehead atoms. The van der Waals surface area contributed by atoms with Crippen LogP contribution in [0.3, 0.4) is 0 Å². The van der Waals surface area contributed by atoms with Crippen molar-refractivity contribution in [3.63, 3.8) is 0 Å². The second-order valence-corrected chi connectivity index (χ2v) is 3.15. The van der Waals surface area contributed by atoms with Crippen LogP contribution in [0, 0.1) is 0 Å². The summed E-state index contributed by atoms with van der Waals surface area (Å²) in [5.74, 6) is 0. The molecule has 0 aromatic carbocycles. The third kappa shape index (κ3) is 2.03. The summed E-state index contributed by atoms with van der Waals surface area (Å²) in [6.45, 7) is -1.02. The number of aliphatic hydroxyl groups excluding tert-OH is 4. The zero-order chi connectivity index (χ0) is 11.6. The maximum absolute atomic E-state index is 9.55. The monoisotopic (exact) mass is 221 g/mol. The summed E-state index contributed by atoms with van der Waals surface area (Å²) in [7, 11) is 0. The molecule has 1 unspecified atom stereocenters. The predicted molar refractivity (Wildman–Crippen MR) is 44.1 cm³/mol. The fourth-order valence-corrected chi connectivity index (χ4v) is 1.30. The van der Waals surface area contributed by atoms with Crippen LogP contribution in [-0.4, -0.2) is 62.5 Å². The largest absolute Gasteiger partial charge is 0.393 e. The van der Waals surface area contributed by atoms with Gasteiger partial charge in [0.25, 0.3) is 0 Å². The second kappa shape index (κ2) is 4.29. The zero-order valence-electron chi connectivity index (χ0n) is 7.50. The van der Waals surface area contributed by atoms with E-state index < -0.39 is 36.9 Å². The predicted octanol–water partition coefficient (Wildman–Crippen LogP) is -2.58. The molecule has 1 fully saturated rings. The van der Waals surface area contributed by atoms with Crippen molar-refractivity contribution in [3.8, 4) is 0 Å². The standard InChI is InChI=1S/C6H11N3O6/c7-9-8-6(14,1-10)4-2(11)3(12)5(13)15-4/h2-5,10-14H,1H2/t2-,3+,4-,5?,6+/m0/s1. The van der Waals surface area contributed by atoms with Crippen LogP contribution in [0.4, 0.5) is 0 Å². The molecule has 0 spiro atoms. The first-order chi connectivity index (χ1) is 6.96. The fourth-order valence-electron chi connectivity index (χ4n) is 1.30. The quantitative estimate of drug-likeness (QED) is 0.200. The summed E-state index contributed by atoms with van der Waals surface area (Å²) in [5, 5.41) is 48.6. The smallest absolute Gasteiger partial charge is 0.195 e. The summed E-state index contributed by atoms with van der Waals surface area (Å²) < 4.78 is 4.58. The van der Waals surface area contributed by atoms with E-state index in [1.54, 1.807) is 0 Å². The van der Waals surface area contributed by atoms with Crippen LogP contribution >= 0.6 is 0 Å². The highest BCUT2D eigenvalue weighted by Gasteiger charge is 2.52. The van der Waals surface area contributed by atoms with E-state index in [4.69, 9.17) is 20.9 Å². The number of azide groups is 1. The molecule has 0 aromatic heterocycles.